The highest BCUT2D eigenvalue weighted by Crippen LogP contribution is 2.24. The predicted molar refractivity (Wildman–Crippen MR) is 73.9 cm³/mol. The van der Waals surface area contributed by atoms with E-state index in [1.165, 1.54) is 0 Å². The highest BCUT2D eigenvalue weighted by atomic mass is 79.9. The van der Waals surface area contributed by atoms with E-state index in [2.05, 4.69) is 21.2 Å². The number of hydrogen-bond donors (Lipinski definition) is 2. The first-order valence-corrected chi connectivity index (χ1v) is 6.86. The van der Waals surface area contributed by atoms with Crippen LogP contribution in [0.3, 0.4) is 0 Å². The summed E-state index contributed by atoms with van der Waals surface area (Å²) in [7, 11) is 0. The first-order chi connectivity index (χ1) is 8.58. The molecule has 0 aliphatic carbocycles. The summed E-state index contributed by atoms with van der Waals surface area (Å²) in [5.41, 5.74) is 1.06. The number of rotatable bonds is 3. The topological polar surface area (TPSA) is 52.6 Å². The molecule has 1 atom stereocenters. The van der Waals surface area contributed by atoms with Crippen molar-refractivity contribution >= 4 is 33.5 Å². The van der Waals surface area contributed by atoms with Crippen molar-refractivity contribution in [3.63, 3.8) is 0 Å². The minimum atomic E-state index is -0.782. The van der Waals surface area contributed by atoms with Crippen LogP contribution in [0.25, 0.3) is 0 Å². The van der Waals surface area contributed by atoms with Crippen LogP contribution < -0.4 is 5.32 Å². The number of nitrogens with zero attached hydrogens (tertiary/aromatic N) is 1. The van der Waals surface area contributed by atoms with Gasteiger partial charge in [-0.1, -0.05) is 17.7 Å². The summed E-state index contributed by atoms with van der Waals surface area (Å²) in [6.45, 7) is 2.66. The largest absolute Gasteiger partial charge is 0.480 e. The van der Waals surface area contributed by atoms with Crippen molar-refractivity contribution in [2.24, 2.45) is 0 Å². The van der Waals surface area contributed by atoms with Gasteiger partial charge in [-0.25, -0.2) is 0 Å². The van der Waals surface area contributed by atoms with E-state index in [-0.39, 0.29) is 0 Å². The third-order valence-corrected chi connectivity index (χ3v) is 4.22. The van der Waals surface area contributed by atoms with Crippen molar-refractivity contribution in [1.82, 2.24) is 10.2 Å². The fraction of sp³-hybridized carbons (Fsp3) is 0.417. The summed E-state index contributed by atoms with van der Waals surface area (Å²) in [5.74, 6) is -0.782. The number of piperazine rings is 1. The zero-order chi connectivity index (χ0) is 13.1. The molecule has 1 aliphatic rings. The molecular formula is C12H14BrClN2O2. The van der Waals surface area contributed by atoms with Gasteiger partial charge in [-0.3, -0.25) is 9.69 Å². The summed E-state index contributed by atoms with van der Waals surface area (Å²) in [4.78, 5) is 13.1. The normalized spacial score (nSPS) is 20.9. The van der Waals surface area contributed by atoms with E-state index in [1.807, 2.05) is 23.1 Å². The van der Waals surface area contributed by atoms with Gasteiger partial charge in [0.1, 0.15) is 6.04 Å². The second-order valence-corrected chi connectivity index (χ2v) is 5.54. The van der Waals surface area contributed by atoms with Crippen molar-refractivity contribution in [3.8, 4) is 0 Å². The lowest BCUT2D eigenvalue weighted by molar-refractivity contribution is -0.144. The van der Waals surface area contributed by atoms with Crippen molar-refractivity contribution in [1.29, 1.82) is 0 Å². The van der Waals surface area contributed by atoms with Gasteiger partial charge in [-0.05, 0) is 33.6 Å². The highest BCUT2D eigenvalue weighted by molar-refractivity contribution is 9.10. The number of hydrogen-bond acceptors (Lipinski definition) is 3. The van der Waals surface area contributed by atoms with Crippen molar-refractivity contribution in [2.45, 2.75) is 12.6 Å². The summed E-state index contributed by atoms with van der Waals surface area (Å²) >= 11 is 9.31. The van der Waals surface area contributed by atoms with Gasteiger partial charge in [-0.15, -0.1) is 0 Å². The van der Waals surface area contributed by atoms with Crippen LogP contribution in [0, 0.1) is 0 Å². The third kappa shape index (κ3) is 3.23. The summed E-state index contributed by atoms with van der Waals surface area (Å²) < 4.78 is 0.837. The number of carboxylic acids is 1. The second-order valence-electron chi connectivity index (χ2n) is 4.28. The molecule has 0 bridgehead atoms. The molecule has 0 amide bonds. The summed E-state index contributed by atoms with van der Waals surface area (Å²) in [6, 6.07) is 5.21. The number of carbonyl (C=O) groups is 1. The van der Waals surface area contributed by atoms with Crippen LogP contribution in [0.1, 0.15) is 5.56 Å². The minimum absolute atomic E-state index is 0.465. The van der Waals surface area contributed by atoms with E-state index >= 15 is 0 Å². The molecule has 1 aromatic carbocycles. The van der Waals surface area contributed by atoms with Gasteiger partial charge >= 0.3 is 5.97 Å². The fourth-order valence-corrected chi connectivity index (χ4v) is 2.60. The van der Waals surface area contributed by atoms with Crippen LogP contribution >= 0.6 is 27.5 Å². The van der Waals surface area contributed by atoms with Gasteiger partial charge < -0.3 is 10.4 Å². The molecule has 2 rings (SSSR count). The van der Waals surface area contributed by atoms with E-state index in [9.17, 15) is 9.90 Å². The van der Waals surface area contributed by atoms with Crippen LogP contribution in [0.2, 0.25) is 5.02 Å². The Labute approximate surface area is 119 Å². The molecule has 1 unspecified atom stereocenters. The fourth-order valence-electron chi connectivity index (χ4n) is 2.05. The lowest BCUT2D eigenvalue weighted by atomic mass is 10.1. The molecule has 98 valence electrons. The molecule has 0 spiro atoms. The minimum Gasteiger partial charge on any atom is -0.480 e. The van der Waals surface area contributed by atoms with Gasteiger partial charge in [0.25, 0.3) is 0 Å². The van der Waals surface area contributed by atoms with E-state index in [0.29, 0.717) is 18.1 Å². The molecule has 0 aromatic heterocycles. The molecule has 2 N–H and O–H groups in total. The number of aliphatic carboxylic acids is 1. The van der Waals surface area contributed by atoms with Crippen molar-refractivity contribution < 1.29 is 9.90 Å². The lowest BCUT2D eigenvalue weighted by Crippen LogP contribution is -2.54. The van der Waals surface area contributed by atoms with Crippen LogP contribution in [0.15, 0.2) is 22.7 Å². The van der Waals surface area contributed by atoms with Crippen LogP contribution in [-0.2, 0) is 11.3 Å². The van der Waals surface area contributed by atoms with E-state index in [0.717, 1.165) is 23.1 Å². The number of nitrogens with one attached hydrogen (secondary N) is 1. The SMILES string of the molecule is O=C(O)C1CNCCN1Cc1ccc(Cl)c(Br)c1. The quantitative estimate of drug-likeness (QED) is 0.888. The molecule has 4 nitrogen and oxygen atoms in total. The van der Waals surface area contributed by atoms with Crippen LogP contribution in [0.4, 0.5) is 0 Å². The molecule has 6 heteroatoms. The molecule has 0 saturated carbocycles. The summed E-state index contributed by atoms with van der Waals surface area (Å²) in [6.07, 6.45) is 0. The van der Waals surface area contributed by atoms with E-state index in [4.69, 9.17) is 11.6 Å². The average molecular weight is 334 g/mol. The van der Waals surface area contributed by atoms with Gasteiger partial charge in [0.15, 0.2) is 0 Å². The van der Waals surface area contributed by atoms with E-state index in [1.54, 1.807) is 0 Å². The maximum absolute atomic E-state index is 11.2. The summed E-state index contributed by atoms with van der Waals surface area (Å²) in [5, 5.41) is 12.9. The smallest absolute Gasteiger partial charge is 0.322 e. The molecule has 1 saturated heterocycles. The number of benzene rings is 1. The molecule has 1 aliphatic heterocycles. The lowest BCUT2D eigenvalue weighted by Gasteiger charge is -2.33. The van der Waals surface area contributed by atoms with Gasteiger partial charge in [0, 0.05) is 30.7 Å². The molecular weight excluding hydrogens is 320 g/mol. The van der Waals surface area contributed by atoms with Gasteiger partial charge in [-0.2, -0.15) is 0 Å². The van der Waals surface area contributed by atoms with Gasteiger partial charge in [0.2, 0.25) is 0 Å². The monoisotopic (exact) mass is 332 g/mol. The Bertz CT molecular complexity index is 456. The predicted octanol–water partition coefficient (Wildman–Crippen LogP) is 1.96. The molecule has 0 radical (unpaired) electrons. The maximum atomic E-state index is 11.2. The zero-order valence-electron chi connectivity index (χ0n) is 9.70. The molecule has 1 heterocycles. The number of halogens is 2. The van der Waals surface area contributed by atoms with E-state index < -0.39 is 12.0 Å². The Hall–Kier alpha value is -0.620. The third-order valence-electron chi connectivity index (χ3n) is 3.01. The second kappa shape index (κ2) is 6.02. The van der Waals surface area contributed by atoms with Crippen molar-refractivity contribution in [3.05, 3.63) is 33.3 Å². The van der Waals surface area contributed by atoms with Crippen LogP contribution in [0.5, 0.6) is 0 Å². The Morgan fingerprint density at radius 2 is 2.39 bits per heavy atom. The van der Waals surface area contributed by atoms with Gasteiger partial charge in [0.05, 0.1) is 5.02 Å². The standard InChI is InChI=1S/C12H14BrClN2O2/c13-9-5-8(1-2-10(9)14)7-16-4-3-15-6-11(16)12(17)18/h1-2,5,11,15H,3-4,6-7H2,(H,17,18). The molecule has 18 heavy (non-hydrogen) atoms. The highest BCUT2D eigenvalue weighted by Gasteiger charge is 2.28. The van der Waals surface area contributed by atoms with Crippen molar-refractivity contribution in [2.75, 3.05) is 19.6 Å². The molecule has 1 fully saturated rings. The van der Waals surface area contributed by atoms with Crippen LogP contribution in [-0.4, -0.2) is 41.7 Å². The first-order valence-electron chi connectivity index (χ1n) is 5.69. The maximum Gasteiger partial charge on any atom is 0.322 e. The molecule has 1 aromatic rings. The average Bonchev–Trinajstić information content (AvgIpc) is 2.34. The zero-order valence-corrected chi connectivity index (χ0v) is 12.0. The Kier molecular flexibility index (Phi) is 4.61. The number of carboxylic acid groups (broad SMARTS) is 1. The Morgan fingerprint density at radius 1 is 1.61 bits per heavy atom. The first kappa shape index (κ1) is 13.8. The Morgan fingerprint density at radius 3 is 3.06 bits per heavy atom. The Balaban J connectivity index is 2.10.